The highest BCUT2D eigenvalue weighted by Crippen LogP contribution is 2.27. The molecule has 2 amide bonds. The largest absolute Gasteiger partial charge is 0.383 e. The number of amides is 2. The SMILES string of the molecule is COCCN1C(=O)CN(S(=O)(=O)c2ccccc2)CC1(C)C(=O)NCc1ccc(C)cc1. The second kappa shape index (κ2) is 9.81. The maximum Gasteiger partial charge on any atom is 0.247 e. The molecular weight excluding hydrogens is 430 g/mol. The lowest BCUT2D eigenvalue weighted by molar-refractivity contribution is -0.153. The van der Waals surface area contributed by atoms with Crippen LogP contribution in [0.3, 0.4) is 0 Å². The number of piperazine rings is 1. The Bertz CT molecular complexity index is 1060. The van der Waals surface area contributed by atoms with Crippen LogP contribution >= 0.6 is 0 Å². The Balaban J connectivity index is 1.87. The molecule has 2 aromatic carbocycles. The number of carbonyl (C=O) groups excluding carboxylic acids is 2. The van der Waals surface area contributed by atoms with Gasteiger partial charge in [0.1, 0.15) is 5.54 Å². The van der Waals surface area contributed by atoms with Gasteiger partial charge in [-0.05, 0) is 31.5 Å². The summed E-state index contributed by atoms with van der Waals surface area (Å²) in [6, 6.07) is 15.7. The number of ether oxygens (including phenoxy) is 1. The van der Waals surface area contributed by atoms with Gasteiger partial charge in [0, 0.05) is 26.7 Å². The van der Waals surface area contributed by atoms with Crippen LogP contribution in [0.2, 0.25) is 0 Å². The van der Waals surface area contributed by atoms with Crippen LogP contribution in [0, 0.1) is 6.92 Å². The molecule has 0 spiro atoms. The molecule has 1 saturated heterocycles. The van der Waals surface area contributed by atoms with E-state index in [1.165, 1.54) is 24.1 Å². The standard InChI is InChI=1S/C23H29N3O5S/c1-18-9-11-19(12-10-18)15-24-22(28)23(2)17-25(16-21(27)26(23)13-14-31-3)32(29,30)20-7-5-4-6-8-20/h4-12H,13-17H2,1-3H3,(H,24,28). The minimum absolute atomic E-state index is 0.0838. The highest BCUT2D eigenvalue weighted by Gasteiger charge is 2.50. The number of aryl methyl sites for hydroxylation is 1. The molecule has 3 rings (SSSR count). The summed E-state index contributed by atoms with van der Waals surface area (Å²) in [5.41, 5.74) is 0.629. The van der Waals surface area contributed by atoms with Crippen LogP contribution in [0.4, 0.5) is 0 Å². The van der Waals surface area contributed by atoms with E-state index in [2.05, 4.69) is 5.32 Å². The fraction of sp³-hybridized carbons (Fsp3) is 0.391. The van der Waals surface area contributed by atoms with Gasteiger partial charge in [0.2, 0.25) is 21.8 Å². The van der Waals surface area contributed by atoms with E-state index in [1.54, 1.807) is 25.1 Å². The van der Waals surface area contributed by atoms with E-state index in [9.17, 15) is 18.0 Å². The molecule has 0 saturated carbocycles. The van der Waals surface area contributed by atoms with Crippen molar-refractivity contribution >= 4 is 21.8 Å². The molecule has 0 radical (unpaired) electrons. The van der Waals surface area contributed by atoms with Gasteiger partial charge in [0.15, 0.2) is 0 Å². The number of carbonyl (C=O) groups is 2. The molecule has 172 valence electrons. The van der Waals surface area contributed by atoms with Gasteiger partial charge in [-0.25, -0.2) is 8.42 Å². The summed E-state index contributed by atoms with van der Waals surface area (Å²) in [6.45, 7) is 3.78. The topological polar surface area (TPSA) is 96.0 Å². The number of hydrogen-bond acceptors (Lipinski definition) is 5. The minimum atomic E-state index is -3.94. The first-order valence-corrected chi connectivity index (χ1v) is 11.8. The third kappa shape index (κ3) is 5.01. The number of methoxy groups -OCH3 is 1. The van der Waals surface area contributed by atoms with Crippen molar-refractivity contribution in [2.75, 3.05) is 33.4 Å². The Hall–Kier alpha value is -2.75. The first kappa shape index (κ1) is 23.9. The van der Waals surface area contributed by atoms with Crippen LogP contribution in [-0.4, -0.2) is 68.3 Å². The van der Waals surface area contributed by atoms with Crippen molar-refractivity contribution < 1.29 is 22.7 Å². The molecule has 8 nitrogen and oxygen atoms in total. The third-order valence-electron chi connectivity index (χ3n) is 5.66. The Kier molecular flexibility index (Phi) is 7.33. The number of sulfonamides is 1. The monoisotopic (exact) mass is 459 g/mol. The van der Waals surface area contributed by atoms with Gasteiger partial charge >= 0.3 is 0 Å². The average Bonchev–Trinajstić information content (AvgIpc) is 2.78. The van der Waals surface area contributed by atoms with Gasteiger partial charge < -0.3 is 15.0 Å². The van der Waals surface area contributed by atoms with Crippen molar-refractivity contribution in [1.29, 1.82) is 0 Å². The molecule has 1 aliphatic heterocycles. The van der Waals surface area contributed by atoms with E-state index < -0.39 is 27.4 Å². The number of hydrogen-bond donors (Lipinski definition) is 1. The fourth-order valence-electron chi connectivity index (χ4n) is 3.73. The summed E-state index contributed by atoms with van der Waals surface area (Å²) in [7, 11) is -2.43. The highest BCUT2D eigenvalue weighted by molar-refractivity contribution is 7.89. The molecule has 2 aromatic rings. The molecule has 0 bridgehead atoms. The molecule has 1 N–H and O–H groups in total. The van der Waals surface area contributed by atoms with Crippen LogP contribution in [0.5, 0.6) is 0 Å². The lowest BCUT2D eigenvalue weighted by Gasteiger charge is -2.46. The smallest absolute Gasteiger partial charge is 0.247 e. The molecule has 0 aliphatic carbocycles. The van der Waals surface area contributed by atoms with Crippen LogP contribution in [0.25, 0.3) is 0 Å². The summed E-state index contributed by atoms with van der Waals surface area (Å²) in [4.78, 5) is 27.8. The summed E-state index contributed by atoms with van der Waals surface area (Å²) in [6.07, 6.45) is 0. The lowest BCUT2D eigenvalue weighted by Crippen LogP contribution is -2.70. The predicted octanol–water partition coefficient (Wildman–Crippen LogP) is 1.55. The zero-order chi connectivity index (χ0) is 23.4. The maximum atomic E-state index is 13.3. The summed E-state index contributed by atoms with van der Waals surface area (Å²) >= 11 is 0. The zero-order valence-corrected chi connectivity index (χ0v) is 19.4. The molecule has 1 heterocycles. The van der Waals surface area contributed by atoms with Crippen molar-refractivity contribution in [2.24, 2.45) is 0 Å². The molecule has 1 unspecified atom stereocenters. The number of benzene rings is 2. The minimum Gasteiger partial charge on any atom is -0.383 e. The summed E-state index contributed by atoms with van der Waals surface area (Å²) < 4.78 is 32.5. The average molecular weight is 460 g/mol. The summed E-state index contributed by atoms with van der Waals surface area (Å²) in [5, 5.41) is 2.87. The second-order valence-corrected chi connectivity index (χ2v) is 10.0. The van der Waals surface area contributed by atoms with Gasteiger partial charge in [-0.2, -0.15) is 4.31 Å². The van der Waals surface area contributed by atoms with E-state index in [0.29, 0.717) is 0 Å². The van der Waals surface area contributed by atoms with E-state index in [-0.39, 0.29) is 37.7 Å². The van der Waals surface area contributed by atoms with Crippen molar-refractivity contribution in [3.63, 3.8) is 0 Å². The van der Waals surface area contributed by atoms with Gasteiger partial charge in [-0.1, -0.05) is 48.0 Å². The number of nitrogens with zero attached hydrogens (tertiary/aromatic N) is 2. The van der Waals surface area contributed by atoms with E-state index in [0.717, 1.165) is 15.4 Å². The Labute approximate surface area is 189 Å². The number of rotatable bonds is 8. The van der Waals surface area contributed by atoms with E-state index >= 15 is 0 Å². The highest BCUT2D eigenvalue weighted by atomic mass is 32.2. The van der Waals surface area contributed by atoms with Crippen molar-refractivity contribution in [3.8, 4) is 0 Å². The molecule has 32 heavy (non-hydrogen) atoms. The normalized spacial score (nSPS) is 19.7. The molecule has 0 aromatic heterocycles. The summed E-state index contributed by atoms with van der Waals surface area (Å²) in [5.74, 6) is -0.865. The molecule has 9 heteroatoms. The van der Waals surface area contributed by atoms with Gasteiger partial charge in [0.25, 0.3) is 0 Å². The van der Waals surface area contributed by atoms with Gasteiger partial charge in [-0.15, -0.1) is 0 Å². The molecular formula is C23H29N3O5S. The predicted molar refractivity (Wildman–Crippen MR) is 120 cm³/mol. The molecule has 1 atom stereocenters. The fourth-order valence-corrected chi connectivity index (χ4v) is 5.24. The lowest BCUT2D eigenvalue weighted by atomic mass is 9.95. The molecule has 1 aliphatic rings. The quantitative estimate of drug-likeness (QED) is 0.646. The van der Waals surface area contributed by atoms with Gasteiger partial charge in [-0.3, -0.25) is 9.59 Å². The molecule has 1 fully saturated rings. The van der Waals surface area contributed by atoms with Crippen LogP contribution in [-0.2, 0) is 30.9 Å². The first-order valence-electron chi connectivity index (χ1n) is 10.4. The van der Waals surface area contributed by atoms with Crippen molar-refractivity contribution in [1.82, 2.24) is 14.5 Å². The van der Waals surface area contributed by atoms with E-state index in [4.69, 9.17) is 4.74 Å². The first-order chi connectivity index (χ1) is 15.2. The second-order valence-electron chi connectivity index (χ2n) is 8.07. The Morgan fingerprint density at radius 3 is 2.41 bits per heavy atom. The van der Waals surface area contributed by atoms with Crippen LogP contribution in [0.1, 0.15) is 18.1 Å². The van der Waals surface area contributed by atoms with E-state index in [1.807, 2.05) is 31.2 Å². The maximum absolute atomic E-state index is 13.3. The third-order valence-corrected chi connectivity index (χ3v) is 7.46. The zero-order valence-electron chi connectivity index (χ0n) is 18.6. The van der Waals surface area contributed by atoms with Crippen LogP contribution < -0.4 is 5.32 Å². The Morgan fingerprint density at radius 2 is 1.78 bits per heavy atom. The number of nitrogens with one attached hydrogen (secondary N) is 1. The van der Waals surface area contributed by atoms with Crippen molar-refractivity contribution in [3.05, 3.63) is 65.7 Å². The van der Waals surface area contributed by atoms with Gasteiger partial charge in [0.05, 0.1) is 18.0 Å². The Morgan fingerprint density at radius 1 is 1.12 bits per heavy atom. The van der Waals surface area contributed by atoms with Crippen LogP contribution in [0.15, 0.2) is 59.5 Å². The van der Waals surface area contributed by atoms with Crippen molar-refractivity contribution in [2.45, 2.75) is 30.8 Å².